The molecule has 1 unspecified atom stereocenters. The predicted molar refractivity (Wildman–Crippen MR) is 139 cm³/mol. The maximum atomic E-state index is 15.0. The van der Waals surface area contributed by atoms with Gasteiger partial charge in [0.15, 0.2) is 0 Å². The molecule has 2 aliphatic carbocycles. The van der Waals surface area contributed by atoms with Crippen molar-refractivity contribution in [2.24, 2.45) is 5.41 Å². The van der Waals surface area contributed by atoms with Crippen LogP contribution in [0.4, 0.5) is 15.9 Å². The molecule has 2 saturated carbocycles. The van der Waals surface area contributed by atoms with Crippen LogP contribution in [0.1, 0.15) is 57.9 Å². The van der Waals surface area contributed by atoms with E-state index >= 15 is 0 Å². The van der Waals surface area contributed by atoms with Crippen molar-refractivity contribution in [3.63, 3.8) is 0 Å². The summed E-state index contributed by atoms with van der Waals surface area (Å²) in [6, 6.07) is 11.4. The topological polar surface area (TPSA) is 82.0 Å². The molecule has 0 amide bonds. The van der Waals surface area contributed by atoms with Crippen molar-refractivity contribution in [2.75, 3.05) is 30.9 Å². The fourth-order valence-electron chi connectivity index (χ4n) is 5.17. The van der Waals surface area contributed by atoms with Gasteiger partial charge in [-0.15, -0.1) is 0 Å². The highest BCUT2D eigenvalue weighted by Crippen LogP contribution is 2.45. The molecule has 35 heavy (non-hydrogen) atoms. The third-order valence-electron chi connectivity index (χ3n) is 7.40. The summed E-state index contributed by atoms with van der Waals surface area (Å²) in [6.07, 6.45) is 8.26. The summed E-state index contributed by atoms with van der Waals surface area (Å²) in [6.45, 7) is 5.59. The Labute approximate surface area is 208 Å². The minimum Gasteiger partial charge on any atom is -0.383 e. The Bertz CT molecular complexity index is 1040. The Morgan fingerprint density at radius 2 is 1.94 bits per heavy atom. The van der Waals surface area contributed by atoms with E-state index in [-0.39, 0.29) is 11.2 Å². The zero-order chi connectivity index (χ0) is 24.8. The van der Waals surface area contributed by atoms with Gasteiger partial charge < -0.3 is 20.7 Å². The summed E-state index contributed by atoms with van der Waals surface area (Å²) in [4.78, 5) is 4.35. The van der Waals surface area contributed by atoms with E-state index in [1.54, 1.807) is 7.11 Å². The SMILES string of the molecule is CCc1c(NCC2(C#N)CC2)cccc1-c1cc(NC2CCC(NC(C)COC)CC2)ncc1F. The normalized spacial score (nSPS) is 21.7. The number of benzene rings is 1. The summed E-state index contributed by atoms with van der Waals surface area (Å²) in [7, 11) is 1.73. The quantitative estimate of drug-likeness (QED) is 0.394. The van der Waals surface area contributed by atoms with Gasteiger partial charge in [-0.3, -0.25) is 0 Å². The molecule has 1 aromatic carbocycles. The molecule has 188 valence electrons. The standard InChI is InChI=1S/C28H38FN5O/c1-4-22-23(6-5-7-26(22)32-18-28(17-30)12-13-28)24-14-27(31-15-25(24)29)34-21-10-8-20(9-11-21)33-19(2)16-35-3/h5-7,14-15,19-21,32-33H,4,8-13,16,18H2,1-3H3,(H,31,34). The van der Waals surface area contributed by atoms with E-state index in [1.165, 1.54) is 6.20 Å². The first kappa shape index (κ1) is 25.4. The molecule has 2 fully saturated rings. The van der Waals surface area contributed by atoms with Crippen LogP contribution in [-0.4, -0.2) is 43.4 Å². The molecule has 0 aliphatic heterocycles. The molecule has 4 rings (SSSR count). The van der Waals surface area contributed by atoms with Crippen molar-refractivity contribution in [1.82, 2.24) is 10.3 Å². The lowest BCUT2D eigenvalue weighted by atomic mass is 9.90. The zero-order valence-corrected chi connectivity index (χ0v) is 21.2. The van der Waals surface area contributed by atoms with Gasteiger partial charge in [-0.1, -0.05) is 19.1 Å². The van der Waals surface area contributed by atoms with E-state index in [9.17, 15) is 9.65 Å². The van der Waals surface area contributed by atoms with Crippen LogP contribution in [-0.2, 0) is 11.2 Å². The third kappa shape index (κ3) is 6.31. The molecule has 0 bridgehead atoms. The molecule has 0 saturated heterocycles. The first-order valence-electron chi connectivity index (χ1n) is 12.9. The minimum atomic E-state index is -0.321. The number of rotatable bonds is 11. The zero-order valence-electron chi connectivity index (χ0n) is 21.2. The Morgan fingerprint density at radius 3 is 2.60 bits per heavy atom. The van der Waals surface area contributed by atoms with Crippen LogP contribution in [0.15, 0.2) is 30.5 Å². The summed E-state index contributed by atoms with van der Waals surface area (Å²) < 4.78 is 20.2. The van der Waals surface area contributed by atoms with Crippen LogP contribution in [0.3, 0.4) is 0 Å². The highest BCUT2D eigenvalue weighted by Gasteiger charge is 2.43. The van der Waals surface area contributed by atoms with Crippen LogP contribution in [0, 0.1) is 22.6 Å². The average molecular weight is 480 g/mol. The molecule has 6 nitrogen and oxygen atoms in total. The largest absolute Gasteiger partial charge is 0.383 e. The van der Waals surface area contributed by atoms with Crippen molar-refractivity contribution < 1.29 is 9.13 Å². The molecule has 1 atom stereocenters. The van der Waals surface area contributed by atoms with Gasteiger partial charge in [0.1, 0.15) is 11.6 Å². The molecule has 0 radical (unpaired) electrons. The first-order valence-corrected chi connectivity index (χ1v) is 12.9. The Balaban J connectivity index is 1.44. The summed E-state index contributed by atoms with van der Waals surface area (Å²) in [5.74, 6) is 0.394. The number of nitriles is 1. The minimum absolute atomic E-state index is 0.240. The molecule has 0 spiro atoms. The van der Waals surface area contributed by atoms with Gasteiger partial charge in [-0.05, 0) is 75.1 Å². The van der Waals surface area contributed by atoms with Gasteiger partial charge in [0.05, 0.1) is 24.3 Å². The maximum Gasteiger partial charge on any atom is 0.149 e. The lowest BCUT2D eigenvalue weighted by Crippen LogP contribution is -2.42. The monoisotopic (exact) mass is 479 g/mol. The van der Waals surface area contributed by atoms with E-state index in [4.69, 9.17) is 4.74 Å². The number of nitrogens with zero attached hydrogens (tertiary/aromatic N) is 2. The number of hydrogen-bond donors (Lipinski definition) is 3. The van der Waals surface area contributed by atoms with Crippen molar-refractivity contribution in [1.29, 1.82) is 5.26 Å². The summed E-state index contributed by atoms with van der Waals surface area (Å²) >= 11 is 0. The fourth-order valence-corrected chi connectivity index (χ4v) is 5.17. The van der Waals surface area contributed by atoms with Gasteiger partial charge in [0, 0.05) is 43.0 Å². The molecular formula is C28H38FN5O. The van der Waals surface area contributed by atoms with Crippen LogP contribution < -0.4 is 16.0 Å². The highest BCUT2D eigenvalue weighted by atomic mass is 19.1. The van der Waals surface area contributed by atoms with Crippen LogP contribution in [0.5, 0.6) is 0 Å². The van der Waals surface area contributed by atoms with Gasteiger partial charge in [0.2, 0.25) is 0 Å². The Kier molecular flexibility index (Phi) is 8.25. The van der Waals surface area contributed by atoms with E-state index in [2.05, 4.69) is 40.9 Å². The number of hydrogen-bond acceptors (Lipinski definition) is 6. The number of halogens is 1. The lowest BCUT2D eigenvalue weighted by molar-refractivity contribution is 0.161. The van der Waals surface area contributed by atoms with Crippen molar-refractivity contribution in [2.45, 2.75) is 76.9 Å². The van der Waals surface area contributed by atoms with Gasteiger partial charge in [-0.2, -0.15) is 5.26 Å². The number of aromatic nitrogens is 1. The number of pyridine rings is 1. The average Bonchev–Trinajstić information content (AvgIpc) is 3.65. The van der Waals surface area contributed by atoms with Crippen LogP contribution in [0.25, 0.3) is 11.1 Å². The second-order valence-corrected chi connectivity index (χ2v) is 10.2. The third-order valence-corrected chi connectivity index (χ3v) is 7.40. The molecule has 7 heteroatoms. The predicted octanol–water partition coefficient (Wildman–Crippen LogP) is 5.51. The van der Waals surface area contributed by atoms with Crippen LogP contribution >= 0.6 is 0 Å². The Morgan fingerprint density at radius 1 is 1.20 bits per heavy atom. The van der Waals surface area contributed by atoms with Gasteiger partial charge >= 0.3 is 0 Å². The molecular weight excluding hydrogens is 441 g/mol. The Hall–Kier alpha value is -2.69. The second kappa shape index (κ2) is 11.4. The van der Waals surface area contributed by atoms with Crippen molar-refractivity contribution >= 4 is 11.5 Å². The molecule has 2 aromatic rings. The van der Waals surface area contributed by atoms with Crippen molar-refractivity contribution in [3.8, 4) is 17.2 Å². The maximum absolute atomic E-state index is 15.0. The first-order chi connectivity index (χ1) is 17.0. The molecule has 2 aliphatic rings. The van der Waals surface area contributed by atoms with Crippen molar-refractivity contribution in [3.05, 3.63) is 41.8 Å². The van der Waals surface area contributed by atoms with Crippen LogP contribution in [0.2, 0.25) is 0 Å². The fraction of sp³-hybridized carbons (Fsp3) is 0.571. The number of nitrogens with one attached hydrogen (secondary N) is 3. The summed E-state index contributed by atoms with van der Waals surface area (Å²) in [5, 5.41) is 20.1. The smallest absolute Gasteiger partial charge is 0.149 e. The molecule has 3 N–H and O–H groups in total. The van der Waals surface area contributed by atoms with E-state index in [0.717, 1.165) is 68.4 Å². The van der Waals surface area contributed by atoms with Gasteiger partial charge in [-0.25, -0.2) is 9.37 Å². The molecule has 1 heterocycles. The highest BCUT2D eigenvalue weighted by molar-refractivity contribution is 5.76. The number of ether oxygens (including phenoxy) is 1. The lowest BCUT2D eigenvalue weighted by Gasteiger charge is -2.32. The summed E-state index contributed by atoms with van der Waals surface area (Å²) in [5.41, 5.74) is 3.24. The molecule has 1 aromatic heterocycles. The van der Waals surface area contributed by atoms with E-state index in [1.807, 2.05) is 24.3 Å². The number of methoxy groups -OCH3 is 1. The van der Waals surface area contributed by atoms with E-state index < -0.39 is 0 Å². The van der Waals surface area contributed by atoms with E-state index in [0.29, 0.717) is 36.1 Å². The second-order valence-electron chi connectivity index (χ2n) is 10.2. The number of anilines is 2. The van der Waals surface area contributed by atoms with Gasteiger partial charge in [0.25, 0.3) is 0 Å².